The molecular weight excluding hydrogens is 434 g/mol. The van der Waals surface area contributed by atoms with Crippen LogP contribution in [0.15, 0.2) is 46.9 Å². The topological polar surface area (TPSA) is 82.8 Å². The predicted molar refractivity (Wildman–Crippen MR) is 106 cm³/mol. The van der Waals surface area contributed by atoms with Crippen molar-refractivity contribution in [3.63, 3.8) is 0 Å². The van der Waals surface area contributed by atoms with Gasteiger partial charge in [-0.25, -0.2) is 4.85 Å². The standard InChI is InChI=1S/C19H17BrClN3O3/c1-11(25)15(9-12-3-8-17(22-2)16(21)10-12)19(27)24-23-18(26)13-4-6-14(20)7-5-13/h3-8,10-11,15,25H,9H2,1H3,(H,23,26)(H,24,27)/t11-,15+/m0/s1. The van der Waals surface area contributed by atoms with Crippen LogP contribution >= 0.6 is 27.5 Å². The van der Waals surface area contributed by atoms with Gasteiger partial charge in [-0.1, -0.05) is 45.7 Å². The second kappa shape index (κ2) is 9.51. The highest BCUT2D eigenvalue weighted by atomic mass is 79.9. The van der Waals surface area contributed by atoms with Crippen LogP contribution in [0.4, 0.5) is 5.69 Å². The third-order valence-electron chi connectivity index (χ3n) is 3.91. The van der Waals surface area contributed by atoms with E-state index in [1.54, 1.807) is 42.5 Å². The number of aliphatic hydroxyl groups is 1. The van der Waals surface area contributed by atoms with Gasteiger partial charge < -0.3 is 5.11 Å². The van der Waals surface area contributed by atoms with Crippen molar-refractivity contribution in [1.29, 1.82) is 0 Å². The number of hydrogen-bond donors (Lipinski definition) is 3. The molecule has 0 bridgehead atoms. The van der Waals surface area contributed by atoms with Gasteiger partial charge in [0, 0.05) is 15.1 Å². The lowest BCUT2D eigenvalue weighted by molar-refractivity contribution is -0.128. The minimum Gasteiger partial charge on any atom is -0.393 e. The molecule has 0 saturated carbocycles. The van der Waals surface area contributed by atoms with Crippen LogP contribution in [0.25, 0.3) is 4.85 Å². The number of hydrazine groups is 1. The molecule has 6 nitrogen and oxygen atoms in total. The molecule has 0 saturated heterocycles. The van der Waals surface area contributed by atoms with Gasteiger partial charge in [0.2, 0.25) is 11.6 Å². The molecule has 8 heteroatoms. The van der Waals surface area contributed by atoms with E-state index in [9.17, 15) is 14.7 Å². The van der Waals surface area contributed by atoms with Crippen molar-refractivity contribution in [2.45, 2.75) is 19.4 Å². The Hall–Kier alpha value is -2.40. The smallest absolute Gasteiger partial charge is 0.269 e. The zero-order valence-corrected chi connectivity index (χ0v) is 16.7. The van der Waals surface area contributed by atoms with Crippen molar-refractivity contribution in [3.8, 4) is 0 Å². The maximum Gasteiger partial charge on any atom is 0.269 e. The van der Waals surface area contributed by atoms with E-state index in [-0.39, 0.29) is 11.4 Å². The Balaban J connectivity index is 2.02. The molecule has 3 N–H and O–H groups in total. The van der Waals surface area contributed by atoms with E-state index in [4.69, 9.17) is 18.2 Å². The molecule has 2 rings (SSSR count). The fraction of sp³-hybridized carbons (Fsp3) is 0.211. The van der Waals surface area contributed by atoms with E-state index in [0.717, 1.165) is 4.47 Å². The minimum absolute atomic E-state index is 0.204. The summed E-state index contributed by atoms with van der Waals surface area (Å²) in [4.78, 5) is 27.8. The van der Waals surface area contributed by atoms with Crippen LogP contribution in [-0.4, -0.2) is 23.0 Å². The number of aliphatic hydroxyl groups excluding tert-OH is 1. The number of benzene rings is 2. The zero-order valence-electron chi connectivity index (χ0n) is 14.4. The molecule has 0 spiro atoms. The van der Waals surface area contributed by atoms with Crippen LogP contribution in [0.1, 0.15) is 22.8 Å². The number of hydrogen-bond acceptors (Lipinski definition) is 3. The van der Waals surface area contributed by atoms with Gasteiger partial charge in [0.05, 0.1) is 18.6 Å². The molecule has 0 radical (unpaired) electrons. The number of carbonyl (C=O) groups excluding carboxylic acids is 2. The molecule has 0 fully saturated rings. The van der Waals surface area contributed by atoms with Crippen LogP contribution in [0.5, 0.6) is 0 Å². The highest BCUT2D eigenvalue weighted by molar-refractivity contribution is 9.10. The van der Waals surface area contributed by atoms with Gasteiger partial charge in [-0.3, -0.25) is 20.4 Å². The molecule has 2 amide bonds. The summed E-state index contributed by atoms with van der Waals surface area (Å²) in [7, 11) is 0. The van der Waals surface area contributed by atoms with Crippen molar-refractivity contribution in [1.82, 2.24) is 10.9 Å². The molecule has 27 heavy (non-hydrogen) atoms. The summed E-state index contributed by atoms with van der Waals surface area (Å²) in [6, 6.07) is 11.5. The van der Waals surface area contributed by atoms with Gasteiger partial charge in [0.15, 0.2) is 0 Å². The van der Waals surface area contributed by atoms with E-state index >= 15 is 0 Å². The van der Waals surface area contributed by atoms with Crippen LogP contribution in [-0.2, 0) is 11.2 Å². The third kappa shape index (κ3) is 5.79. The van der Waals surface area contributed by atoms with Crippen LogP contribution in [0.2, 0.25) is 5.02 Å². The predicted octanol–water partition coefficient (Wildman–Crippen LogP) is 3.65. The van der Waals surface area contributed by atoms with E-state index in [1.165, 1.54) is 6.92 Å². The Kier molecular flexibility index (Phi) is 7.36. The van der Waals surface area contributed by atoms with Gasteiger partial charge in [-0.15, -0.1) is 0 Å². The van der Waals surface area contributed by atoms with E-state index in [2.05, 4.69) is 31.6 Å². The molecule has 140 valence electrons. The second-order valence-electron chi connectivity index (χ2n) is 5.90. The van der Waals surface area contributed by atoms with Crippen LogP contribution < -0.4 is 10.9 Å². The largest absolute Gasteiger partial charge is 0.393 e. The molecule has 0 aromatic heterocycles. The maximum absolute atomic E-state index is 12.4. The Morgan fingerprint density at radius 3 is 2.44 bits per heavy atom. The highest BCUT2D eigenvalue weighted by Crippen LogP contribution is 2.27. The van der Waals surface area contributed by atoms with Crippen molar-refractivity contribution >= 4 is 45.0 Å². The van der Waals surface area contributed by atoms with Crippen molar-refractivity contribution in [3.05, 3.63) is 74.5 Å². The number of carbonyl (C=O) groups is 2. The van der Waals surface area contributed by atoms with Crippen molar-refractivity contribution < 1.29 is 14.7 Å². The Labute approximate surface area is 170 Å². The summed E-state index contributed by atoms with van der Waals surface area (Å²) in [6.07, 6.45) is -0.746. The molecule has 2 aromatic carbocycles. The van der Waals surface area contributed by atoms with E-state index < -0.39 is 23.8 Å². The minimum atomic E-state index is -0.950. The number of amides is 2. The molecule has 2 atom stereocenters. The average Bonchev–Trinajstić information content (AvgIpc) is 2.64. The summed E-state index contributed by atoms with van der Waals surface area (Å²) in [6.45, 7) is 8.50. The van der Waals surface area contributed by atoms with Crippen molar-refractivity contribution in [2.75, 3.05) is 0 Å². The summed E-state index contributed by atoms with van der Waals surface area (Å²) < 4.78 is 0.833. The molecule has 0 heterocycles. The first-order valence-electron chi connectivity index (χ1n) is 8.01. The Morgan fingerprint density at radius 2 is 1.89 bits per heavy atom. The second-order valence-corrected chi connectivity index (χ2v) is 7.22. The normalized spacial score (nSPS) is 12.6. The van der Waals surface area contributed by atoms with Gasteiger partial charge >= 0.3 is 0 Å². The molecular formula is C19H17BrClN3O3. The maximum atomic E-state index is 12.4. The summed E-state index contributed by atoms with van der Waals surface area (Å²) in [5, 5.41) is 10.3. The lowest BCUT2D eigenvalue weighted by atomic mass is 9.94. The van der Waals surface area contributed by atoms with Gasteiger partial charge in [0.25, 0.3) is 5.91 Å². The number of nitrogens with one attached hydrogen (secondary N) is 2. The summed E-state index contributed by atoms with van der Waals surface area (Å²) >= 11 is 9.30. The lowest BCUT2D eigenvalue weighted by Gasteiger charge is -2.20. The monoisotopic (exact) mass is 449 g/mol. The average molecular weight is 451 g/mol. The number of halogens is 2. The van der Waals surface area contributed by atoms with Crippen molar-refractivity contribution in [2.24, 2.45) is 5.92 Å². The fourth-order valence-corrected chi connectivity index (χ4v) is 2.90. The molecule has 2 aromatic rings. The zero-order chi connectivity index (χ0) is 20.0. The number of nitrogens with zero attached hydrogens (tertiary/aromatic N) is 1. The van der Waals surface area contributed by atoms with Gasteiger partial charge in [-0.2, -0.15) is 0 Å². The Morgan fingerprint density at radius 1 is 1.22 bits per heavy atom. The highest BCUT2D eigenvalue weighted by Gasteiger charge is 2.25. The first-order valence-corrected chi connectivity index (χ1v) is 9.18. The Bertz CT molecular complexity index is 879. The molecule has 0 aliphatic rings. The molecule has 0 aliphatic carbocycles. The molecule has 0 aliphatic heterocycles. The number of rotatable bonds is 5. The van der Waals surface area contributed by atoms with Gasteiger partial charge in [0.1, 0.15) is 0 Å². The van der Waals surface area contributed by atoms with E-state index in [1.807, 2.05) is 0 Å². The van der Waals surface area contributed by atoms with E-state index in [0.29, 0.717) is 16.8 Å². The lowest BCUT2D eigenvalue weighted by Crippen LogP contribution is -2.47. The fourth-order valence-electron chi connectivity index (χ4n) is 2.39. The third-order valence-corrected chi connectivity index (χ3v) is 4.74. The van der Waals surface area contributed by atoms with Crippen LogP contribution in [0, 0.1) is 12.5 Å². The summed E-state index contributed by atoms with van der Waals surface area (Å²) in [5.74, 6) is -1.80. The van der Waals surface area contributed by atoms with Gasteiger partial charge in [-0.05, 0) is 43.2 Å². The summed E-state index contributed by atoms with van der Waals surface area (Å²) in [5.41, 5.74) is 6.09. The SMILES string of the molecule is [C-]#[N+]c1ccc(C[C@@H](C(=O)NNC(=O)c2ccc(Br)cc2)[C@H](C)O)cc1Cl. The first kappa shape index (κ1) is 20.9. The molecule has 0 unspecified atom stereocenters. The quantitative estimate of drug-likeness (QED) is 0.480. The first-order chi connectivity index (χ1) is 12.8. The van der Waals surface area contributed by atoms with Crippen LogP contribution in [0.3, 0.4) is 0 Å².